The van der Waals surface area contributed by atoms with E-state index in [4.69, 9.17) is 5.73 Å². The molecule has 0 saturated carbocycles. The normalized spacial score (nSPS) is 10.5. The van der Waals surface area contributed by atoms with Crippen LogP contribution < -0.4 is 5.73 Å². The predicted octanol–water partition coefficient (Wildman–Crippen LogP) is 1.55. The van der Waals surface area contributed by atoms with Gasteiger partial charge in [0.2, 0.25) is 0 Å². The van der Waals surface area contributed by atoms with Crippen molar-refractivity contribution in [2.24, 2.45) is 5.73 Å². The summed E-state index contributed by atoms with van der Waals surface area (Å²) in [6.45, 7) is 0.170. The minimum atomic E-state index is -0.290. The molecule has 15 heavy (non-hydrogen) atoms. The zero-order chi connectivity index (χ0) is 10.7. The average Bonchev–Trinajstić information content (AvgIpc) is 2.71. The quantitative estimate of drug-likeness (QED) is 0.830. The fourth-order valence-corrected chi connectivity index (χ4v) is 2.04. The molecule has 0 amide bonds. The molecule has 6 heteroatoms. The molecule has 0 radical (unpaired) electrons. The summed E-state index contributed by atoms with van der Waals surface area (Å²) in [4.78, 5) is 4.71. The molecule has 0 unspecified atom stereocenters. The highest BCUT2D eigenvalue weighted by Gasteiger charge is 2.09. The number of aromatic nitrogens is 3. The molecule has 1 aromatic heterocycles. The lowest BCUT2D eigenvalue weighted by molar-refractivity contribution is 0.604. The molecule has 1 aromatic carbocycles. The second kappa shape index (κ2) is 4.41. The van der Waals surface area contributed by atoms with Crippen LogP contribution >= 0.6 is 11.8 Å². The van der Waals surface area contributed by atoms with E-state index in [0.29, 0.717) is 10.7 Å². The molecule has 0 spiro atoms. The first kappa shape index (κ1) is 10.1. The molecule has 2 rings (SSSR count). The van der Waals surface area contributed by atoms with E-state index in [-0.39, 0.29) is 12.4 Å². The van der Waals surface area contributed by atoms with Crippen LogP contribution in [0, 0.1) is 5.82 Å². The molecule has 0 aliphatic carbocycles. The summed E-state index contributed by atoms with van der Waals surface area (Å²) in [6, 6.07) is 4.85. The number of rotatable bonds is 3. The van der Waals surface area contributed by atoms with Gasteiger partial charge in [0, 0.05) is 17.0 Å². The highest BCUT2D eigenvalue weighted by Crippen LogP contribution is 2.28. The topological polar surface area (TPSA) is 67.6 Å². The zero-order valence-electron chi connectivity index (χ0n) is 7.77. The van der Waals surface area contributed by atoms with Crippen molar-refractivity contribution in [3.05, 3.63) is 35.9 Å². The molecule has 0 aliphatic rings. The Kier molecular flexibility index (Phi) is 2.98. The molecule has 0 bridgehead atoms. The Bertz CT molecular complexity index is 443. The monoisotopic (exact) mass is 224 g/mol. The first-order chi connectivity index (χ1) is 7.31. The van der Waals surface area contributed by atoms with E-state index in [0.717, 1.165) is 4.90 Å². The lowest BCUT2D eigenvalue weighted by Gasteiger charge is -2.05. The Morgan fingerprint density at radius 2 is 2.33 bits per heavy atom. The van der Waals surface area contributed by atoms with Gasteiger partial charge in [-0.15, -0.1) is 0 Å². The van der Waals surface area contributed by atoms with E-state index < -0.39 is 0 Å². The number of benzene rings is 1. The molecule has 0 atom stereocenters. The van der Waals surface area contributed by atoms with Gasteiger partial charge in [-0.25, -0.2) is 9.37 Å². The van der Waals surface area contributed by atoms with Gasteiger partial charge in [0.25, 0.3) is 0 Å². The number of hydrogen-bond acceptors (Lipinski definition) is 4. The van der Waals surface area contributed by atoms with Crippen molar-refractivity contribution in [3.8, 4) is 0 Å². The summed E-state index contributed by atoms with van der Waals surface area (Å²) in [5.41, 5.74) is 5.98. The number of nitrogens with one attached hydrogen (secondary N) is 1. The van der Waals surface area contributed by atoms with Gasteiger partial charge in [0.05, 0.1) is 0 Å². The number of nitrogens with two attached hydrogens (primary N) is 1. The van der Waals surface area contributed by atoms with Crippen LogP contribution in [-0.2, 0) is 6.54 Å². The van der Waals surface area contributed by atoms with Crippen molar-refractivity contribution in [2.75, 3.05) is 0 Å². The molecule has 0 aliphatic heterocycles. The van der Waals surface area contributed by atoms with Crippen molar-refractivity contribution in [2.45, 2.75) is 16.6 Å². The first-order valence-corrected chi connectivity index (χ1v) is 5.13. The van der Waals surface area contributed by atoms with Crippen molar-refractivity contribution in [3.63, 3.8) is 0 Å². The number of H-pyrrole nitrogens is 1. The van der Waals surface area contributed by atoms with E-state index in [1.165, 1.54) is 24.2 Å². The molecule has 78 valence electrons. The summed E-state index contributed by atoms with van der Waals surface area (Å²) < 4.78 is 13.3. The Morgan fingerprint density at radius 3 is 3.00 bits per heavy atom. The summed E-state index contributed by atoms with van der Waals surface area (Å²) in [5.74, 6) is -0.290. The third-order valence-corrected chi connectivity index (χ3v) is 2.87. The molecule has 0 fully saturated rings. The smallest absolute Gasteiger partial charge is 0.188 e. The van der Waals surface area contributed by atoms with Crippen LogP contribution in [0.1, 0.15) is 5.56 Å². The number of hydrogen-bond donors (Lipinski definition) is 2. The third kappa shape index (κ3) is 2.16. The van der Waals surface area contributed by atoms with E-state index in [9.17, 15) is 4.39 Å². The SMILES string of the molecule is NCc1c(F)cccc1Sc1ncn[nH]1. The largest absolute Gasteiger partial charge is 0.326 e. The van der Waals surface area contributed by atoms with Crippen molar-refractivity contribution in [1.29, 1.82) is 0 Å². The molecule has 0 saturated heterocycles. The molecular formula is C9H9FN4S. The molecule has 1 heterocycles. The van der Waals surface area contributed by atoms with Gasteiger partial charge in [0.1, 0.15) is 12.1 Å². The lowest BCUT2D eigenvalue weighted by Crippen LogP contribution is -2.01. The fraction of sp³-hybridized carbons (Fsp3) is 0.111. The van der Waals surface area contributed by atoms with Crippen LogP contribution in [0.4, 0.5) is 4.39 Å². The Labute approximate surface area is 90.1 Å². The molecule has 2 aromatic rings. The summed E-state index contributed by atoms with van der Waals surface area (Å²) in [7, 11) is 0. The Hall–Kier alpha value is -1.40. The predicted molar refractivity (Wildman–Crippen MR) is 54.8 cm³/mol. The first-order valence-electron chi connectivity index (χ1n) is 4.32. The van der Waals surface area contributed by atoms with Gasteiger partial charge >= 0.3 is 0 Å². The van der Waals surface area contributed by atoms with Crippen LogP contribution in [0.3, 0.4) is 0 Å². The summed E-state index contributed by atoms with van der Waals surface area (Å²) >= 11 is 1.31. The molecule has 3 N–H and O–H groups in total. The van der Waals surface area contributed by atoms with Crippen molar-refractivity contribution in [1.82, 2.24) is 15.2 Å². The van der Waals surface area contributed by atoms with Gasteiger partial charge < -0.3 is 5.73 Å². The summed E-state index contributed by atoms with van der Waals surface area (Å²) in [5, 5.41) is 7.03. The summed E-state index contributed by atoms with van der Waals surface area (Å²) in [6.07, 6.45) is 1.41. The fourth-order valence-electron chi connectivity index (χ4n) is 1.18. The maximum absolute atomic E-state index is 13.3. The maximum atomic E-state index is 13.3. The van der Waals surface area contributed by atoms with Crippen LogP contribution in [-0.4, -0.2) is 15.2 Å². The second-order valence-electron chi connectivity index (χ2n) is 2.81. The zero-order valence-corrected chi connectivity index (χ0v) is 8.59. The van der Waals surface area contributed by atoms with Crippen LogP contribution in [0.25, 0.3) is 0 Å². The average molecular weight is 224 g/mol. The van der Waals surface area contributed by atoms with E-state index in [2.05, 4.69) is 15.2 Å². The van der Waals surface area contributed by atoms with Gasteiger partial charge in [-0.1, -0.05) is 6.07 Å². The standard InChI is InChI=1S/C9H9FN4S/c10-7-2-1-3-8(6(7)4-11)15-9-12-5-13-14-9/h1-3,5H,4,11H2,(H,12,13,14). The Morgan fingerprint density at radius 1 is 1.47 bits per heavy atom. The second-order valence-corrected chi connectivity index (χ2v) is 3.84. The minimum Gasteiger partial charge on any atom is -0.326 e. The van der Waals surface area contributed by atoms with E-state index in [1.807, 2.05) is 0 Å². The van der Waals surface area contributed by atoms with Gasteiger partial charge in [-0.05, 0) is 23.9 Å². The Balaban J connectivity index is 2.32. The van der Waals surface area contributed by atoms with Gasteiger partial charge in [-0.2, -0.15) is 5.10 Å². The molecule has 4 nitrogen and oxygen atoms in total. The van der Waals surface area contributed by atoms with E-state index >= 15 is 0 Å². The van der Waals surface area contributed by atoms with Gasteiger partial charge in [0.15, 0.2) is 5.16 Å². The highest BCUT2D eigenvalue weighted by atomic mass is 32.2. The van der Waals surface area contributed by atoms with E-state index in [1.54, 1.807) is 12.1 Å². The maximum Gasteiger partial charge on any atom is 0.188 e. The van der Waals surface area contributed by atoms with Crippen LogP contribution in [0.5, 0.6) is 0 Å². The highest BCUT2D eigenvalue weighted by molar-refractivity contribution is 7.99. The minimum absolute atomic E-state index is 0.170. The van der Waals surface area contributed by atoms with Crippen LogP contribution in [0.2, 0.25) is 0 Å². The number of aromatic amines is 1. The number of halogens is 1. The van der Waals surface area contributed by atoms with Crippen molar-refractivity contribution >= 4 is 11.8 Å². The number of nitrogens with zero attached hydrogens (tertiary/aromatic N) is 2. The third-order valence-electron chi connectivity index (χ3n) is 1.88. The lowest BCUT2D eigenvalue weighted by atomic mass is 10.2. The van der Waals surface area contributed by atoms with Gasteiger partial charge in [-0.3, -0.25) is 5.10 Å². The van der Waals surface area contributed by atoms with Crippen molar-refractivity contribution < 1.29 is 4.39 Å². The molecular weight excluding hydrogens is 215 g/mol. The van der Waals surface area contributed by atoms with Crippen LogP contribution in [0.15, 0.2) is 34.6 Å².